The second-order valence-electron chi connectivity index (χ2n) is 7.22. The summed E-state index contributed by atoms with van der Waals surface area (Å²) in [6, 6.07) is 21.7. The maximum atomic E-state index is 13.0. The van der Waals surface area contributed by atoms with Crippen molar-refractivity contribution in [2.24, 2.45) is 5.73 Å². The molecule has 4 aromatic rings. The van der Waals surface area contributed by atoms with Gasteiger partial charge in [-0.05, 0) is 35.7 Å². The Kier molecular flexibility index (Phi) is 6.75. The number of thiophene rings is 1. The fourth-order valence-corrected chi connectivity index (χ4v) is 4.09. The van der Waals surface area contributed by atoms with E-state index in [4.69, 9.17) is 10.5 Å². The third-order valence-corrected chi connectivity index (χ3v) is 5.88. The molecule has 7 nitrogen and oxygen atoms in total. The number of ether oxygens (including phenoxy) is 1. The van der Waals surface area contributed by atoms with Crippen LogP contribution in [0.4, 0.5) is 5.69 Å². The van der Waals surface area contributed by atoms with Gasteiger partial charge in [0.05, 0.1) is 21.7 Å². The first-order chi connectivity index (χ1) is 16.0. The quantitative estimate of drug-likeness (QED) is 0.401. The van der Waals surface area contributed by atoms with Crippen molar-refractivity contribution in [3.63, 3.8) is 0 Å². The Morgan fingerprint density at radius 1 is 0.970 bits per heavy atom. The van der Waals surface area contributed by atoms with Crippen molar-refractivity contribution < 1.29 is 19.1 Å². The summed E-state index contributed by atoms with van der Waals surface area (Å²) in [6.07, 6.45) is -0.00620. The minimum absolute atomic E-state index is 0.00620. The molecule has 0 spiro atoms. The molecule has 0 unspecified atom stereocenters. The highest BCUT2D eigenvalue weighted by Gasteiger charge is 2.21. The summed E-state index contributed by atoms with van der Waals surface area (Å²) < 4.78 is 5.41. The zero-order chi connectivity index (χ0) is 23.2. The van der Waals surface area contributed by atoms with E-state index in [9.17, 15) is 14.4 Å². The number of fused-ring (bicyclic) bond motifs is 1. The molecule has 0 aliphatic carbocycles. The maximum Gasteiger partial charge on any atom is 0.339 e. The average Bonchev–Trinajstić information content (AvgIpc) is 3.37. The summed E-state index contributed by atoms with van der Waals surface area (Å²) in [5.74, 6) is -1.60. The molecule has 8 heteroatoms. The van der Waals surface area contributed by atoms with Gasteiger partial charge in [-0.25, -0.2) is 9.78 Å². The van der Waals surface area contributed by atoms with E-state index in [1.165, 1.54) is 16.2 Å². The van der Waals surface area contributed by atoms with Crippen LogP contribution in [-0.2, 0) is 14.3 Å². The van der Waals surface area contributed by atoms with Crippen molar-refractivity contribution in [2.45, 2.75) is 6.42 Å². The van der Waals surface area contributed by atoms with Crippen LogP contribution in [0.2, 0.25) is 0 Å². The van der Waals surface area contributed by atoms with Crippen LogP contribution in [-0.4, -0.2) is 35.9 Å². The third-order valence-electron chi connectivity index (χ3n) is 4.99. The first-order valence-electron chi connectivity index (χ1n) is 10.3. The number of para-hydroxylation sites is 2. The van der Waals surface area contributed by atoms with Gasteiger partial charge in [-0.2, -0.15) is 0 Å². The topological polar surface area (TPSA) is 103 Å². The van der Waals surface area contributed by atoms with Gasteiger partial charge in [-0.3, -0.25) is 9.59 Å². The number of carbonyl (C=O) groups excluding carboxylic acids is 3. The SMILES string of the molecule is NC(=O)CCN(C(=O)COC(=O)c1cc(-c2cccs2)nc2ccccc12)c1ccccc1. The second kappa shape index (κ2) is 10.1. The predicted octanol–water partition coefficient (Wildman–Crippen LogP) is 4.03. The number of aromatic nitrogens is 1. The number of hydrogen-bond donors (Lipinski definition) is 1. The normalized spacial score (nSPS) is 10.7. The van der Waals surface area contributed by atoms with Crippen LogP contribution < -0.4 is 10.6 Å². The molecule has 2 heterocycles. The molecule has 2 N–H and O–H groups in total. The molecule has 166 valence electrons. The van der Waals surface area contributed by atoms with Crippen LogP contribution in [0.1, 0.15) is 16.8 Å². The molecule has 2 amide bonds. The lowest BCUT2D eigenvalue weighted by Crippen LogP contribution is -2.37. The zero-order valence-electron chi connectivity index (χ0n) is 17.6. The largest absolute Gasteiger partial charge is 0.452 e. The molecule has 2 aromatic heterocycles. The molecule has 33 heavy (non-hydrogen) atoms. The fourth-order valence-electron chi connectivity index (χ4n) is 3.41. The molecule has 0 saturated carbocycles. The highest BCUT2D eigenvalue weighted by atomic mass is 32.1. The van der Waals surface area contributed by atoms with E-state index in [0.29, 0.717) is 27.8 Å². The van der Waals surface area contributed by atoms with E-state index in [1.807, 2.05) is 41.8 Å². The summed E-state index contributed by atoms with van der Waals surface area (Å²) in [4.78, 5) is 44.1. The molecule has 0 saturated heterocycles. The molecular weight excluding hydrogens is 438 g/mol. The summed E-state index contributed by atoms with van der Waals surface area (Å²) in [5, 5.41) is 2.58. The van der Waals surface area contributed by atoms with Crippen molar-refractivity contribution in [3.8, 4) is 10.6 Å². The van der Waals surface area contributed by atoms with Crippen LogP contribution in [0, 0.1) is 0 Å². The second-order valence-corrected chi connectivity index (χ2v) is 8.17. The lowest BCUT2D eigenvalue weighted by Gasteiger charge is -2.22. The molecule has 0 fully saturated rings. The van der Waals surface area contributed by atoms with E-state index in [-0.39, 0.29) is 13.0 Å². The number of hydrogen-bond acceptors (Lipinski definition) is 6. The lowest BCUT2D eigenvalue weighted by atomic mass is 10.1. The van der Waals surface area contributed by atoms with Gasteiger partial charge >= 0.3 is 5.97 Å². The summed E-state index contributed by atoms with van der Waals surface area (Å²) >= 11 is 1.52. The standard InChI is InChI=1S/C25H21N3O4S/c26-23(29)12-13-28(17-7-2-1-3-8-17)24(30)16-32-25(31)19-15-21(22-11-6-14-33-22)27-20-10-5-4-9-18(19)20/h1-11,14-15H,12-13,16H2,(H2,26,29). The highest BCUT2D eigenvalue weighted by molar-refractivity contribution is 7.13. The van der Waals surface area contributed by atoms with Crippen molar-refractivity contribution in [3.05, 3.63) is 83.7 Å². The van der Waals surface area contributed by atoms with Gasteiger partial charge in [0.15, 0.2) is 6.61 Å². The first-order valence-corrected chi connectivity index (χ1v) is 11.2. The Morgan fingerprint density at radius 2 is 1.73 bits per heavy atom. The smallest absolute Gasteiger partial charge is 0.339 e. The van der Waals surface area contributed by atoms with Gasteiger partial charge < -0.3 is 15.4 Å². The minimum Gasteiger partial charge on any atom is -0.452 e. The summed E-state index contributed by atoms with van der Waals surface area (Å²) in [6.45, 7) is -0.381. The number of pyridine rings is 1. The van der Waals surface area contributed by atoms with E-state index in [0.717, 1.165) is 4.88 Å². The first kappa shape index (κ1) is 22.2. The molecule has 0 aliphatic heterocycles. The van der Waals surface area contributed by atoms with Crippen LogP contribution in [0.3, 0.4) is 0 Å². The average molecular weight is 460 g/mol. The number of nitrogens with two attached hydrogens (primary N) is 1. The van der Waals surface area contributed by atoms with Crippen LogP contribution in [0.5, 0.6) is 0 Å². The van der Waals surface area contributed by atoms with Crippen LogP contribution in [0.15, 0.2) is 78.2 Å². The van der Waals surface area contributed by atoms with Gasteiger partial charge in [-0.15, -0.1) is 11.3 Å². The van der Waals surface area contributed by atoms with Crippen molar-refractivity contribution in [2.75, 3.05) is 18.1 Å². The third kappa shape index (κ3) is 5.24. The van der Waals surface area contributed by atoms with E-state index in [1.54, 1.807) is 36.4 Å². The van der Waals surface area contributed by atoms with Gasteiger partial charge in [0.1, 0.15) is 0 Å². The van der Waals surface area contributed by atoms with Gasteiger partial charge in [0.25, 0.3) is 5.91 Å². The molecule has 0 bridgehead atoms. The number of esters is 1. The Labute approximate surface area is 194 Å². The fraction of sp³-hybridized carbons (Fsp3) is 0.120. The molecule has 0 aliphatic rings. The van der Waals surface area contributed by atoms with Gasteiger partial charge in [0.2, 0.25) is 5.91 Å². The molecule has 0 radical (unpaired) electrons. The Bertz CT molecular complexity index is 1290. The van der Waals surface area contributed by atoms with Crippen molar-refractivity contribution in [1.82, 2.24) is 4.98 Å². The Balaban J connectivity index is 1.56. The monoisotopic (exact) mass is 459 g/mol. The minimum atomic E-state index is -0.623. The van der Waals surface area contributed by atoms with E-state index < -0.39 is 24.4 Å². The number of benzene rings is 2. The Morgan fingerprint density at radius 3 is 2.45 bits per heavy atom. The summed E-state index contributed by atoms with van der Waals surface area (Å²) in [5.41, 5.74) is 7.50. The lowest BCUT2D eigenvalue weighted by molar-refractivity contribution is -0.121. The predicted molar refractivity (Wildman–Crippen MR) is 128 cm³/mol. The number of amides is 2. The molecule has 0 atom stereocenters. The number of primary amides is 1. The Hall–Kier alpha value is -4.04. The van der Waals surface area contributed by atoms with Crippen molar-refractivity contribution in [1.29, 1.82) is 0 Å². The number of nitrogens with zero attached hydrogens (tertiary/aromatic N) is 2. The molecular formula is C25H21N3O4S. The molecule has 2 aromatic carbocycles. The van der Waals surface area contributed by atoms with Crippen molar-refractivity contribution >= 4 is 45.7 Å². The van der Waals surface area contributed by atoms with Gasteiger partial charge in [-0.1, -0.05) is 42.5 Å². The van der Waals surface area contributed by atoms with Crippen LogP contribution in [0.25, 0.3) is 21.5 Å². The number of rotatable bonds is 8. The van der Waals surface area contributed by atoms with Crippen LogP contribution >= 0.6 is 11.3 Å². The number of carbonyl (C=O) groups is 3. The maximum absolute atomic E-state index is 13.0. The number of anilines is 1. The van der Waals surface area contributed by atoms with E-state index >= 15 is 0 Å². The summed E-state index contributed by atoms with van der Waals surface area (Å²) in [7, 11) is 0. The zero-order valence-corrected chi connectivity index (χ0v) is 18.5. The van der Waals surface area contributed by atoms with E-state index in [2.05, 4.69) is 4.98 Å². The highest BCUT2D eigenvalue weighted by Crippen LogP contribution is 2.28. The van der Waals surface area contributed by atoms with Gasteiger partial charge in [0, 0.05) is 24.0 Å². The molecule has 4 rings (SSSR count).